The molecule has 0 saturated heterocycles. The third kappa shape index (κ3) is 1.46. The monoisotopic (exact) mass is 287 g/mol. The maximum absolute atomic E-state index is 11.2. The predicted octanol–water partition coefficient (Wildman–Crippen LogP) is 2.13. The van der Waals surface area contributed by atoms with Gasteiger partial charge in [0.25, 0.3) is 0 Å². The van der Waals surface area contributed by atoms with Gasteiger partial charge in [0.1, 0.15) is 6.04 Å². The summed E-state index contributed by atoms with van der Waals surface area (Å²) >= 11 is 3.86. The highest BCUT2D eigenvalue weighted by Crippen LogP contribution is 2.65. The molecule has 0 aliphatic heterocycles. The van der Waals surface area contributed by atoms with E-state index in [0.717, 1.165) is 19.3 Å². The summed E-state index contributed by atoms with van der Waals surface area (Å²) in [6.45, 7) is 0. The Kier molecular flexibility index (Phi) is 2.22. The normalized spacial score (nSPS) is 51.6. The van der Waals surface area contributed by atoms with Crippen LogP contribution in [0.15, 0.2) is 0 Å². The van der Waals surface area contributed by atoms with Crippen molar-refractivity contribution in [3.05, 3.63) is 0 Å². The van der Waals surface area contributed by atoms with Gasteiger partial charge in [0.05, 0.1) is 0 Å². The van der Waals surface area contributed by atoms with Crippen LogP contribution in [-0.2, 0) is 4.79 Å². The van der Waals surface area contributed by atoms with Crippen LogP contribution >= 0.6 is 15.9 Å². The molecule has 4 aliphatic rings. The smallest absolute Gasteiger partial charge is 0.321 e. The summed E-state index contributed by atoms with van der Waals surface area (Å²) in [6.07, 6.45) is 6.76. The molecule has 4 bridgehead atoms. The summed E-state index contributed by atoms with van der Waals surface area (Å²) in [5, 5.41) is 9.19. The van der Waals surface area contributed by atoms with Crippen LogP contribution in [0.5, 0.6) is 0 Å². The van der Waals surface area contributed by atoms with Crippen molar-refractivity contribution < 1.29 is 9.90 Å². The molecule has 0 spiro atoms. The number of hydrogen-bond donors (Lipinski definition) is 2. The highest BCUT2D eigenvalue weighted by molar-refractivity contribution is 9.10. The molecule has 0 aromatic heterocycles. The minimum atomic E-state index is -0.821. The predicted molar refractivity (Wildman–Crippen MR) is 64.4 cm³/mol. The van der Waals surface area contributed by atoms with Gasteiger partial charge in [-0.05, 0) is 55.8 Å². The van der Waals surface area contributed by atoms with Crippen LogP contribution in [0.25, 0.3) is 0 Å². The first-order valence-corrected chi connectivity index (χ1v) is 6.89. The van der Waals surface area contributed by atoms with Gasteiger partial charge in [-0.15, -0.1) is 0 Å². The van der Waals surface area contributed by atoms with Gasteiger partial charge in [-0.2, -0.15) is 0 Å². The maximum Gasteiger partial charge on any atom is 0.321 e. The second kappa shape index (κ2) is 3.22. The van der Waals surface area contributed by atoms with Crippen molar-refractivity contribution in [2.75, 3.05) is 0 Å². The summed E-state index contributed by atoms with van der Waals surface area (Å²) in [6, 6.07) is -0.671. The number of rotatable bonds is 2. The van der Waals surface area contributed by atoms with Crippen LogP contribution in [0, 0.1) is 17.3 Å². The van der Waals surface area contributed by atoms with Crippen molar-refractivity contribution in [1.29, 1.82) is 0 Å². The molecule has 4 rings (SSSR count). The largest absolute Gasteiger partial charge is 0.480 e. The molecule has 4 heteroatoms. The molecule has 4 saturated carbocycles. The molecule has 0 aromatic carbocycles. The molecule has 3 N–H and O–H groups in total. The Bertz CT molecular complexity index is 330. The minimum Gasteiger partial charge on any atom is -0.480 e. The molecule has 3 nitrogen and oxygen atoms in total. The van der Waals surface area contributed by atoms with Crippen molar-refractivity contribution in [3.63, 3.8) is 0 Å². The average Bonchev–Trinajstić information content (AvgIpc) is 2.12. The molecular weight excluding hydrogens is 270 g/mol. The number of halogens is 1. The van der Waals surface area contributed by atoms with Crippen molar-refractivity contribution in [3.8, 4) is 0 Å². The fourth-order valence-electron chi connectivity index (χ4n) is 4.85. The first-order chi connectivity index (χ1) is 7.42. The van der Waals surface area contributed by atoms with Crippen molar-refractivity contribution >= 4 is 21.9 Å². The van der Waals surface area contributed by atoms with E-state index in [-0.39, 0.29) is 9.74 Å². The van der Waals surface area contributed by atoms with Gasteiger partial charge in [-0.3, -0.25) is 4.79 Å². The van der Waals surface area contributed by atoms with Gasteiger partial charge in [-0.25, -0.2) is 0 Å². The lowest BCUT2D eigenvalue weighted by atomic mass is 9.47. The molecule has 16 heavy (non-hydrogen) atoms. The molecule has 4 aliphatic carbocycles. The molecule has 0 heterocycles. The van der Waals surface area contributed by atoms with E-state index in [0.29, 0.717) is 11.8 Å². The van der Waals surface area contributed by atoms with Crippen LogP contribution in [0.3, 0.4) is 0 Å². The van der Waals surface area contributed by atoms with Crippen LogP contribution < -0.4 is 5.73 Å². The van der Waals surface area contributed by atoms with Crippen LogP contribution in [0.2, 0.25) is 0 Å². The van der Waals surface area contributed by atoms with Crippen LogP contribution in [0.4, 0.5) is 0 Å². The van der Waals surface area contributed by atoms with E-state index in [2.05, 4.69) is 15.9 Å². The zero-order valence-corrected chi connectivity index (χ0v) is 10.9. The first kappa shape index (κ1) is 11.0. The standard InChI is InChI=1S/C12H18BrNO2/c13-12-4-7-1-8(5-12)3-11(2-7,6-12)9(14)10(15)16/h7-9H,1-6,14H2,(H,15,16)/t7-,8-,9+,11?,12?/m0/s1. The Balaban J connectivity index is 1.94. The lowest BCUT2D eigenvalue weighted by molar-refractivity contribution is -0.147. The van der Waals surface area contributed by atoms with Crippen molar-refractivity contribution in [2.45, 2.75) is 48.9 Å². The Morgan fingerprint density at radius 3 is 2.31 bits per heavy atom. The van der Waals surface area contributed by atoms with E-state index < -0.39 is 12.0 Å². The number of nitrogens with two attached hydrogens (primary N) is 1. The lowest BCUT2D eigenvalue weighted by Gasteiger charge is -2.61. The summed E-state index contributed by atoms with van der Waals surface area (Å²) < 4.78 is 0.199. The molecule has 0 radical (unpaired) electrons. The number of alkyl halides is 1. The van der Waals surface area contributed by atoms with Gasteiger partial charge in [-0.1, -0.05) is 15.9 Å². The Morgan fingerprint density at radius 2 is 1.88 bits per heavy atom. The Morgan fingerprint density at radius 1 is 1.31 bits per heavy atom. The second-order valence-electron chi connectivity index (χ2n) is 6.29. The molecule has 0 aromatic rings. The van der Waals surface area contributed by atoms with E-state index in [1.165, 1.54) is 19.3 Å². The molecular formula is C12H18BrNO2. The summed E-state index contributed by atoms with van der Waals surface area (Å²) in [4.78, 5) is 11.2. The first-order valence-electron chi connectivity index (χ1n) is 6.10. The number of carbonyl (C=O) groups is 1. The number of carboxylic acids is 1. The Labute approximate surface area is 104 Å². The van der Waals surface area contributed by atoms with Gasteiger partial charge in [0.15, 0.2) is 0 Å². The molecule has 4 fully saturated rings. The van der Waals surface area contributed by atoms with Gasteiger partial charge >= 0.3 is 5.97 Å². The summed E-state index contributed by atoms with van der Waals surface area (Å²) in [5.41, 5.74) is 5.83. The van der Waals surface area contributed by atoms with E-state index in [4.69, 9.17) is 5.73 Å². The fraction of sp³-hybridized carbons (Fsp3) is 0.917. The molecule has 90 valence electrons. The topological polar surface area (TPSA) is 63.3 Å². The third-order valence-corrected chi connectivity index (χ3v) is 5.89. The van der Waals surface area contributed by atoms with Gasteiger partial charge < -0.3 is 10.8 Å². The Hall–Kier alpha value is -0.0900. The summed E-state index contributed by atoms with van der Waals surface area (Å²) in [5.74, 6) is 0.579. The molecule has 0 unspecified atom stereocenters. The van der Waals surface area contributed by atoms with Gasteiger partial charge in [0, 0.05) is 4.32 Å². The minimum absolute atomic E-state index is 0.126. The average molecular weight is 288 g/mol. The lowest BCUT2D eigenvalue weighted by Crippen LogP contribution is -2.61. The molecule has 0 amide bonds. The van der Waals surface area contributed by atoms with E-state index in [1.54, 1.807) is 0 Å². The van der Waals surface area contributed by atoms with Crippen LogP contribution in [0.1, 0.15) is 38.5 Å². The third-order valence-electron chi connectivity index (χ3n) is 4.96. The number of carboxylic acid groups (broad SMARTS) is 1. The second-order valence-corrected chi connectivity index (χ2v) is 7.97. The highest BCUT2D eigenvalue weighted by Gasteiger charge is 2.59. The molecule has 3 atom stereocenters. The highest BCUT2D eigenvalue weighted by atomic mass is 79.9. The SMILES string of the molecule is N[C@H](C(=O)O)C12C[C@@H]3C[C@H](CC(Br)(C3)C1)C2. The van der Waals surface area contributed by atoms with E-state index >= 15 is 0 Å². The zero-order valence-electron chi connectivity index (χ0n) is 9.29. The van der Waals surface area contributed by atoms with E-state index in [9.17, 15) is 9.90 Å². The fourth-order valence-corrected chi connectivity index (χ4v) is 6.32. The van der Waals surface area contributed by atoms with Crippen molar-refractivity contribution in [1.82, 2.24) is 0 Å². The van der Waals surface area contributed by atoms with E-state index in [1.807, 2.05) is 0 Å². The van der Waals surface area contributed by atoms with Crippen LogP contribution in [-0.4, -0.2) is 21.4 Å². The number of aliphatic carboxylic acids is 1. The summed E-state index contributed by atoms with van der Waals surface area (Å²) in [7, 11) is 0. The maximum atomic E-state index is 11.2. The van der Waals surface area contributed by atoms with Gasteiger partial charge in [0.2, 0.25) is 0 Å². The van der Waals surface area contributed by atoms with Crippen molar-refractivity contribution in [2.24, 2.45) is 23.0 Å². The zero-order chi connectivity index (χ0) is 11.6. The number of hydrogen-bond acceptors (Lipinski definition) is 2. The quantitative estimate of drug-likeness (QED) is 0.765.